The number of esters is 1. The second-order valence-corrected chi connectivity index (χ2v) is 4.62. The van der Waals surface area contributed by atoms with E-state index in [2.05, 4.69) is 12.2 Å². The minimum atomic E-state index is -0.280. The predicted octanol–water partition coefficient (Wildman–Crippen LogP) is 0.972. The van der Waals surface area contributed by atoms with Gasteiger partial charge in [0.15, 0.2) is 0 Å². The molecule has 106 valence electrons. The van der Waals surface area contributed by atoms with E-state index in [0.29, 0.717) is 26.4 Å². The molecule has 1 aliphatic rings. The molecule has 0 aromatic heterocycles. The summed E-state index contributed by atoms with van der Waals surface area (Å²) in [7, 11) is 1.63. The molecule has 18 heavy (non-hydrogen) atoms. The Bertz CT molecular complexity index is 239. The normalized spacial score (nSPS) is 18.6. The van der Waals surface area contributed by atoms with Crippen molar-refractivity contribution >= 4 is 5.97 Å². The van der Waals surface area contributed by atoms with Crippen molar-refractivity contribution in [1.82, 2.24) is 5.32 Å². The number of methoxy groups -OCH3 is 1. The van der Waals surface area contributed by atoms with Crippen LogP contribution in [0.1, 0.15) is 26.2 Å². The van der Waals surface area contributed by atoms with E-state index in [1.54, 1.807) is 7.11 Å². The second-order valence-electron chi connectivity index (χ2n) is 4.62. The third-order valence-electron chi connectivity index (χ3n) is 3.56. The molecule has 0 aliphatic carbocycles. The number of piperidine rings is 1. The molecular weight excluding hydrogens is 234 g/mol. The summed E-state index contributed by atoms with van der Waals surface area (Å²) in [5.41, 5.74) is -0.280. The third-order valence-corrected chi connectivity index (χ3v) is 3.56. The molecule has 5 nitrogen and oxygen atoms in total. The fourth-order valence-corrected chi connectivity index (χ4v) is 2.20. The average Bonchev–Trinajstić information content (AvgIpc) is 2.43. The summed E-state index contributed by atoms with van der Waals surface area (Å²) in [6, 6.07) is 0. The first kappa shape index (κ1) is 15.4. The molecule has 0 atom stereocenters. The number of hydrogen-bond donors (Lipinski definition) is 1. The lowest BCUT2D eigenvalue weighted by Crippen LogP contribution is -2.43. The van der Waals surface area contributed by atoms with Crippen LogP contribution in [-0.4, -0.2) is 52.6 Å². The highest BCUT2D eigenvalue weighted by atomic mass is 16.6. The SMILES string of the molecule is CCC1(C(=O)OCCOCCOC)CCNCC1. The van der Waals surface area contributed by atoms with Gasteiger partial charge in [-0.15, -0.1) is 0 Å². The number of nitrogens with one attached hydrogen (secondary N) is 1. The average molecular weight is 259 g/mol. The molecule has 0 saturated carbocycles. The summed E-state index contributed by atoms with van der Waals surface area (Å²) in [5.74, 6) is -0.0677. The van der Waals surface area contributed by atoms with Gasteiger partial charge < -0.3 is 19.5 Å². The number of hydrogen-bond acceptors (Lipinski definition) is 5. The van der Waals surface area contributed by atoms with Crippen molar-refractivity contribution < 1.29 is 19.0 Å². The lowest BCUT2D eigenvalue weighted by Gasteiger charge is -2.34. The highest BCUT2D eigenvalue weighted by Gasteiger charge is 2.39. The maximum Gasteiger partial charge on any atom is 0.312 e. The minimum Gasteiger partial charge on any atom is -0.463 e. The van der Waals surface area contributed by atoms with Crippen molar-refractivity contribution in [3.8, 4) is 0 Å². The highest BCUT2D eigenvalue weighted by Crippen LogP contribution is 2.33. The van der Waals surface area contributed by atoms with Gasteiger partial charge in [-0.3, -0.25) is 4.79 Å². The van der Waals surface area contributed by atoms with Gasteiger partial charge in [-0.25, -0.2) is 0 Å². The lowest BCUT2D eigenvalue weighted by atomic mass is 9.77. The monoisotopic (exact) mass is 259 g/mol. The quantitative estimate of drug-likeness (QED) is 0.520. The Morgan fingerprint density at radius 2 is 1.83 bits per heavy atom. The summed E-state index contributed by atoms with van der Waals surface area (Å²) in [5, 5.41) is 3.27. The standard InChI is InChI=1S/C13H25NO4/c1-3-13(4-6-14-7-5-13)12(15)18-11-10-17-9-8-16-2/h14H,3-11H2,1-2H3. The number of carbonyl (C=O) groups excluding carboxylic acids is 1. The molecule has 1 fully saturated rings. The van der Waals surface area contributed by atoms with Gasteiger partial charge in [0.1, 0.15) is 6.61 Å². The van der Waals surface area contributed by atoms with E-state index >= 15 is 0 Å². The van der Waals surface area contributed by atoms with Crippen LogP contribution in [0, 0.1) is 5.41 Å². The van der Waals surface area contributed by atoms with Gasteiger partial charge in [0.2, 0.25) is 0 Å². The van der Waals surface area contributed by atoms with Crippen molar-refractivity contribution in [1.29, 1.82) is 0 Å². The number of rotatable bonds is 8. The summed E-state index contributed by atoms with van der Waals surface area (Å²) in [6.45, 7) is 5.72. The van der Waals surface area contributed by atoms with E-state index in [1.807, 2.05) is 0 Å². The molecule has 0 amide bonds. The van der Waals surface area contributed by atoms with Crippen LogP contribution in [0.3, 0.4) is 0 Å². The van der Waals surface area contributed by atoms with Gasteiger partial charge in [0.05, 0.1) is 25.2 Å². The summed E-state index contributed by atoms with van der Waals surface area (Å²) >= 11 is 0. The van der Waals surface area contributed by atoms with Crippen LogP contribution in [0.5, 0.6) is 0 Å². The Hall–Kier alpha value is -0.650. The van der Waals surface area contributed by atoms with E-state index in [9.17, 15) is 4.79 Å². The fourth-order valence-electron chi connectivity index (χ4n) is 2.20. The molecule has 0 spiro atoms. The van der Waals surface area contributed by atoms with Crippen LogP contribution >= 0.6 is 0 Å². The topological polar surface area (TPSA) is 56.8 Å². The Morgan fingerprint density at radius 3 is 2.44 bits per heavy atom. The number of carbonyl (C=O) groups is 1. The molecule has 5 heteroatoms. The van der Waals surface area contributed by atoms with Crippen LogP contribution in [0.4, 0.5) is 0 Å². The zero-order chi connectivity index (χ0) is 13.3. The van der Waals surface area contributed by atoms with Crippen LogP contribution in [0.2, 0.25) is 0 Å². The van der Waals surface area contributed by atoms with E-state index in [4.69, 9.17) is 14.2 Å². The third kappa shape index (κ3) is 4.55. The first-order valence-corrected chi connectivity index (χ1v) is 6.70. The summed E-state index contributed by atoms with van der Waals surface area (Å²) < 4.78 is 15.4. The maximum atomic E-state index is 12.1. The van der Waals surface area contributed by atoms with Crippen molar-refractivity contribution in [3.05, 3.63) is 0 Å². The first-order valence-electron chi connectivity index (χ1n) is 6.70. The molecule has 0 aromatic carbocycles. The molecular formula is C13H25NO4. The Morgan fingerprint density at radius 1 is 1.17 bits per heavy atom. The predicted molar refractivity (Wildman–Crippen MR) is 68.5 cm³/mol. The Labute approximate surface area is 109 Å². The molecule has 0 aromatic rings. The van der Waals surface area contributed by atoms with Crippen LogP contribution in [0.15, 0.2) is 0 Å². The van der Waals surface area contributed by atoms with Gasteiger partial charge in [-0.2, -0.15) is 0 Å². The van der Waals surface area contributed by atoms with Gasteiger partial charge >= 0.3 is 5.97 Å². The van der Waals surface area contributed by atoms with Gasteiger partial charge in [0.25, 0.3) is 0 Å². The van der Waals surface area contributed by atoms with Gasteiger partial charge in [0, 0.05) is 7.11 Å². The van der Waals surface area contributed by atoms with Crippen molar-refractivity contribution in [2.45, 2.75) is 26.2 Å². The second kappa shape index (κ2) is 8.45. The zero-order valence-corrected chi connectivity index (χ0v) is 11.5. The highest BCUT2D eigenvalue weighted by molar-refractivity contribution is 5.77. The molecule has 0 radical (unpaired) electrons. The van der Waals surface area contributed by atoms with Gasteiger partial charge in [-0.1, -0.05) is 6.92 Å². The minimum absolute atomic E-state index is 0.0677. The molecule has 1 N–H and O–H groups in total. The van der Waals surface area contributed by atoms with Crippen molar-refractivity contribution in [2.24, 2.45) is 5.41 Å². The van der Waals surface area contributed by atoms with Crippen molar-refractivity contribution in [2.75, 3.05) is 46.6 Å². The Balaban J connectivity index is 2.21. The Kier molecular flexibility index (Phi) is 7.23. The van der Waals surface area contributed by atoms with E-state index in [-0.39, 0.29) is 11.4 Å². The zero-order valence-electron chi connectivity index (χ0n) is 11.5. The molecule has 1 saturated heterocycles. The fraction of sp³-hybridized carbons (Fsp3) is 0.923. The smallest absolute Gasteiger partial charge is 0.312 e. The van der Waals surface area contributed by atoms with Crippen LogP contribution in [0.25, 0.3) is 0 Å². The van der Waals surface area contributed by atoms with Crippen molar-refractivity contribution in [3.63, 3.8) is 0 Å². The van der Waals surface area contributed by atoms with E-state index in [1.165, 1.54) is 0 Å². The number of ether oxygens (including phenoxy) is 3. The molecule has 1 rings (SSSR count). The van der Waals surface area contributed by atoms with Gasteiger partial charge in [-0.05, 0) is 32.4 Å². The summed E-state index contributed by atoms with van der Waals surface area (Å²) in [4.78, 5) is 12.1. The molecule has 1 aliphatic heterocycles. The van der Waals surface area contributed by atoms with E-state index in [0.717, 1.165) is 32.4 Å². The van der Waals surface area contributed by atoms with Crippen LogP contribution in [-0.2, 0) is 19.0 Å². The first-order chi connectivity index (χ1) is 8.75. The molecule has 1 heterocycles. The molecule has 0 unspecified atom stereocenters. The maximum absolute atomic E-state index is 12.1. The largest absolute Gasteiger partial charge is 0.463 e. The van der Waals surface area contributed by atoms with E-state index < -0.39 is 0 Å². The van der Waals surface area contributed by atoms with Crippen LogP contribution < -0.4 is 5.32 Å². The summed E-state index contributed by atoms with van der Waals surface area (Å²) in [6.07, 6.45) is 2.58. The molecule has 0 bridgehead atoms. The lowest BCUT2D eigenvalue weighted by molar-refractivity contribution is -0.159.